The van der Waals surface area contributed by atoms with Crippen LogP contribution in [0.15, 0.2) is 12.1 Å². The van der Waals surface area contributed by atoms with E-state index < -0.39 is 11.6 Å². The van der Waals surface area contributed by atoms with Crippen molar-refractivity contribution in [2.75, 3.05) is 31.2 Å². The fourth-order valence-corrected chi connectivity index (χ4v) is 2.09. The Hall–Kier alpha value is -1.49. The fraction of sp³-hybridized carbons (Fsp3) is 0.462. The molecule has 0 spiro atoms. The molecule has 1 heterocycles. The summed E-state index contributed by atoms with van der Waals surface area (Å²) in [6.07, 6.45) is 1.51. The van der Waals surface area contributed by atoms with E-state index in [0.717, 1.165) is 6.29 Å². The SMILES string of the molecule is O=CCCc1cc(F)c(F)cc1N1CCOCC1. The van der Waals surface area contributed by atoms with Gasteiger partial charge in [-0.2, -0.15) is 0 Å². The number of hydrogen-bond acceptors (Lipinski definition) is 3. The van der Waals surface area contributed by atoms with Gasteiger partial charge in [-0.1, -0.05) is 0 Å². The smallest absolute Gasteiger partial charge is 0.160 e. The van der Waals surface area contributed by atoms with Crippen molar-refractivity contribution in [1.82, 2.24) is 0 Å². The molecule has 1 fully saturated rings. The number of carbonyl (C=O) groups excluding carboxylic acids is 1. The Labute approximate surface area is 104 Å². The third-order valence-corrected chi connectivity index (χ3v) is 3.00. The summed E-state index contributed by atoms with van der Waals surface area (Å²) in [5.41, 5.74) is 1.34. The predicted molar refractivity (Wildman–Crippen MR) is 63.8 cm³/mol. The summed E-state index contributed by atoms with van der Waals surface area (Å²) >= 11 is 0. The van der Waals surface area contributed by atoms with E-state index in [1.165, 1.54) is 12.1 Å². The third kappa shape index (κ3) is 2.85. The zero-order valence-electron chi connectivity index (χ0n) is 9.99. The lowest BCUT2D eigenvalue weighted by molar-refractivity contribution is -0.107. The molecule has 18 heavy (non-hydrogen) atoms. The molecule has 1 aliphatic rings. The largest absolute Gasteiger partial charge is 0.378 e. The first-order valence-corrected chi connectivity index (χ1v) is 5.96. The molecule has 0 unspecified atom stereocenters. The van der Waals surface area contributed by atoms with Crippen molar-refractivity contribution in [3.05, 3.63) is 29.3 Å². The molecule has 0 bridgehead atoms. The predicted octanol–water partition coefficient (Wildman–Crippen LogP) is 1.93. The zero-order valence-corrected chi connectivity index (χ0v) is 9.99. The molecule has 98 valence electrons. The first-order valence-electron chi connectivity index (χ1n) is 5.96. The number of rotatable bonds is 4. The van der Waals surface area contributed by atoms with Gasteiger partial charge >= 0.3 is 0 Å². The van der Waals surface area contributed by atoms with Gasteiger partial charge < -0.3 is 14.4 Å². The summed E-state index contributed by atoms with van der Waals surface area (Å²) in [6.45, 7) is 2.45. The van der Waals surface area contributed by atoms with Crippen LogP contribution in [0.1, 0.15) is 12.0 Å². The van der Waals surface area contributed by atoms with Gasteiger partial charge in [-0.25, -0.2) is 8.78 Å². The van der Waals surface area contributed by atoms with E-state index in [1.54, 1.807) is 0 Å². The Morgan fingerprint density at radius 2 is 1.89 bits per heavy atom. The molecule has 0 amide bonds. The van der Waals surface area contributed by atoms with Crippen LogP contribution in [0, 0.1) is 11.6 Å². The van der Waals surface area contributed by atoms with Crippen molar-refractivity contribution in [3.63, 3.8) is 0 Å². The van der Waals surface area contributed by atoms with Crippen molar-refractivity contribution in [3.8, 4) is 0 Å². The van der Waals surface area contributed by atoms with Crippen LogP contribution in [0.3, 0.4) is 0 Å². The standard InChI is InChI=1S/C13H15F2NO2/c14-11-8-10(2-1-5-17)13(9-12(11)15)16-3-6-18-7-4-16/h5,8-9H,1-4,6-7H2. The molecule has 0 radical (unpaired) electrons. The highest BCUT2D eigenvalue weighted by Crippen LogP contribution is 2.25. The number of benzene rings is 1. The maximum atomic E-state index is 13.3. The molecule has 0 atom stereocenters. The maximum absolute atomic E-state index is 13.3. The Balaban J connectivity index is 2.29. The number of nitrogens with zero attached hydrogens (tertiary/aromatic N) is 1. The second kappa shape index (κ2) is 5.91. The van der Waals surface area contributed by atoms with Crippen LogP contribution in [0.25, 0.3) is 0 Å². The average molecular weight is 255 g/mol. The maximum Gasteiger partial charge on any atom is 0.160 e. The first-order chi connectivity index (χ1) is 8.72. The molecule has 0 aliphatic carbocycles. The van der Waals surface area contributed by atoms with Gasteiger partial charge in [-0.3, -0.25) is 0 Å². The van der Waals surface area contributed by atoms with Crippen LogP contribution in [0.5, 0.6) is 0 Å². The summed E-state index contributed by atoms with van der Waals surface area (Å²) in [7, 11) is 0. The lowest BCUT2D eigenvalue weighted by Gasteiger charge is -2.30. The number of carbonyl (C=O) groups is 1. The second-order valence-corrected chi connectivity index (χ2v) is 4.20. The second-order valence-electron chi connectivity index (χ2n) is 4.20. The summed E-state index contributed by atoms with van der Waals surface area (Å²) in [5.74, 6) is -1.72. The Bertz CT molecular complexity index is 431. The van der Waals surface area contributed by atoms with Gasteiger partial charge in [0.25, 0.3) is 0 Å². The number of morpholine rings is 1. The molecular formula is C13H15F2NO2. The minimum Gasteiger partial charge on any atom is -0.378 e. The van der Waals surface area contributed by atoms with Gasteiger partial charge in [-0.05, 0) is 18.1 Å². The summed E-state index contributed by atoms with van der Waals surface area (Å²) in [4.78, 5) is 12.4. The highest BCUT2D eigenvalue weighted by atomic mass is 19.2. The molecule has 1 aliphatic heterocycles. The molecule has 1 saturated heterocycles. The number of halogens is 2. The number of aryl methyl sites for hydroxylation is 1. The zero-order chi connectivity index (χ0) is 13.0. The quantitative estimate of drug-likeness (QED) is 0.770. The molecule has 5 heteroatoms. The van der Waals surface area contributed by atoms with Gasteiger partial charge in [-0.15, -0.1) is 0 Å². The van der Waals surface area contributed by atoms with Gasteiger partial charge in [0.1, 0.15) is 6.29 Å². The van der Waals surface area contributed by atoms with Crippen LogP contribution in [0.2, 0.25) is 0 Å². The molecular weight excluding hydrogens is 240 g/mol. The summed E-state index contributed by atoms with van der Waals surface area (Å²) in [6, 6.07) is 2.39. The Kier molecular flexibility index (Phi) is 4.25. The minimum atomic E-state index is -0.868. The molecule has 1 aromatic rings. The van der Waals surface area contributed by atoms with E-state index in [2.05, 4.69) is 0 Å². The third-order valence-electron chi connectivity index (χ3n) is 3.00. The number of hydrogen-bond donors (Lipinski definition) is 0. The van der Waals surface area contributed by atoms with Crippen LogP contribution in [-0.4, -0.2) is 32.6 Å². The molecule has 2 rings (SSSR count). The Morgan fingerprint density at radius 1 is 1.22 bits per heavy atom. The van der Waals surface area contributed by atoms with E-state index in [-0.39, 0.29) is 0 Å². The van der Waals surface area contributed by atoms with Crippen molar-refractivity contribution in [2.24, 2.45) is 0 Å². The summed E-state index contributed by atoms with van der Waals surface area (Å²) in [5, 5.41) is 0. The molecule has 3 nitrogen and oxygen atoms in total. The van der Waals surface area contributed by atoms with Crippen LogP contribution >= 0.6 is 0 Å². The lowest BCUT2D eigenvalue weighted by Crippen LogP contribution is -2.37. The number of aldehydes is 1. The van der Waals surface area contributed by atoms with Crippen molar-refractivity contribution < 1.29 is 18.3 Å². The van der Waals surface area contributed by atoms with Crippen LogP contribution < -0.4 is 4.90 Å². The minimum absolute atomic E-state index is 0.308. The number of ether oxygens (including phenoxy) is 1. The van der Waals surface area contributed by atoms with Gasteiger partial charge in [0.05, 0.1) is 13.2 Å². The van der Waals surface area contributed by atoms with E-state index in [4.69, 9.17) is 4.74 Å². The fourth-order valence-electron chi connectivity index (χ4n) is 2.09. The van der Waals surface area contributed by atoms with Crippen LogP contribution in [-0.2, 0) is 16.0 Å². The van der Waals surface area contributed by atoms with Crippen molar-refractivity contribution >= 4 is 12.0 Å². The van der Waals surface area contributed by atoms with Gasteiger partial charge in [0.15, 0.2) is 11.6 Å². The lowest BCUT2D eigenvalue weighted by atomic mass is 10.1. The first kappa shape index (κ1) is 13.0. The molecule has 0 N–H and O–H groups in total. The van der Waals surface area contributed by atoms with Crippen molar-refractivity contribution in [1.29, 1.82) is 0 Å². The van der Waals surface area contributed by atoms with E-state index in [0.29, 0.717) is 50.4 Å². The van der Waals surface area contributed by atoms with E-state index >= 15 is 0 Å². The Morgan fingerprint density at radius 3 is 2.56 bits per heavy atom. The highest BCUT2D eigenvalue weighted by Gasteiger charge is 2.17. The average Bonchev–Trinajstić information content (AvgIpc) is 2.40. The van der Waals surface area contributed by atoms with Gasteiger partial charge in [0, 0.05) is 31.3 Å². The van der Waals surface area contributed by atoms with Crippen molar-refractivity contribution in [2.45, 2.75) is 12.8 Å². The molecule has 0 saturated carbocycles. The molecule has 1 aromatic carbocycles. The molecule has 0 aromatic heterocycles. The van der Waals surface area contributed by atoms with E-state index in [9.17, 15) is 13.6 Å². The number of anilines is 1. The van der Waals surface area contributed by atoms with Crippen LogP contribution in [0.4, 0.5) is 14.5 Å². The highest BCUT2D eigenvalue weighted by molar-refractivity contribution is 5.57. The summed E-state index contributed by atoms with van der Waals surface area (Å²) < 4.78 is 31.8. The monoisotopic (exact) mass is 255 g/mol. The van der Waals surface area contributed by atoms with E-state index in [1.807, 2.05) is 4.90 Å². The topological polar surface area (TPSA) is 29.5 Å². The van der Waals surface area contributed by atoms with Gasteiger partial charge in [0.2, 0.25) is 0 Å². The normalized spacial score (nSPS) is 15.8.